The summed E-state index contributed by atoms with van der Waals surface area (Å²) < 4.78 is 18.7. The maximum absolute atomic E-state index is 11.0. The van der Waals surface area contributed by atoms with Crippen molar-refractivity contribution in [2.45, 2.75) is 75.0 Å². The van der Waals surface area contributed by atoms with Gasteiger partial charge in [0.1, 0.15) is 18.3 Å². The lowest BCUT2D eigenvalue weighted by molar-refractivity contribution is -0.248. The van der Waals surface area contributed by atoms with E-state index in [9.17, 15) is 5.11 Å². The van der Waals surface area contributed by atoms with Crippen LogP contribution in [0.25, 0.3) is 10.9 Å². The number of para-hydroxylation sites is 1. The predicted molar refractivity (Wildman–Crippen MR) is 99.2 cm³/mol. The molecule has 0 bridgehead atoms. The van der Waals surface area contributed by atoms with Crippen LogP contribution in [0.3, 0.4) is 0 Å². The first kappa shape index (κ1) is 16.5. The molecule has 0 unspecified atom stereocenters. The van der Waals surface area contributed by atoms with Crippen LogP contribution in [0.15, 0.2) is 24.3 Å². The first-order valence-corrected chi connectivity index (χ1v) is 10.3. The lowest BCUT2D eigenvalue weighted by Gasteiger charge is -2.35. The van der Waals surface area contributed by atoms with Crippen molar-refractivity contribution in [1.82, 2.24) is 10.3 Å². The molecule has 2 saturated heterocycles. The monoisotopic (exact) mass is 370 g/mol. The number of benzene rings is 1. The first-order valence-electron chi connectivity index (χ1n) is 10.3. The second-order valence-corrected chi connectivity index (χ2v) is 8.38. The minimum atomic E-state index is -0.703. The average molecular weight is 370 g/mol. The van der Waals surface area contributed by atoms with Gasteiger partial charge < -0.3 is 29.6 Å². The highest BCUT2D eigenvalue weighted by Gasteiger charge is 2.59. The van der Waals surface area contributed by atoms with Gasteiger partial charge in [0, 0.05) is 29.4 Å². The van der Waals surface area contributed by atoms with Gasteiger partial charge in [0.05, 0.1) is 6.04 Å². The summed E-state index contributed by atoms with van der Waals surface area (Å²) in [5, 5.41) is 15.8. The predicted octanol–water partition coefficient (Wildman–Crippen LogP) is 2.52. The van der Waals surface area contributed by atoms with E-state index in [1.54, 1.807) is 0 Å². The highest BCUT2D eigenvalue weighted by molar-refractivity contribution is 5.85. The van der Waals surface area contributed by atoms with Crippen LogP contribution in [0.1, 0.15) is 49.4 Å². The molecule has 3 aliphatic heterocycles. The molecule has 4 heterocycles. The van der Waals surface area contributed by atoms with Crippen LogP contribution in [0.5, 0.6) is 0 Å². The Kier molecular flexibility index (Phi) is 3.69. The summed E-state index contributed by atoms with van der Waals surface area (Å²) in [6, 6.07) is 8.29. The van der Waals surface area contributed by atoms with Gasteiger partial charge in [0.2, 0.25) is 0 Å². The van der Waals surface area contributed by atoms with E-state index in [0.29, 0.717) is 0 Å². The molecule has 27 heavy (non-hydrogen) atoms. The molecule has 1 spiro atoms. The largest absolute Gasteiger partial charge is 0.387 e. The van der Waals surface area contributed by atoms with Crippen LogP contribution in [-0.2, 0) is 20.6 Å². The van der Waals surface area contributed by atoms with Gasteiger partial charge in [-0.2, -0.15) is 0 Å². The van der Waals surface area contributed by atoms with Crippen LogP contribution in [0, 0.1) is 0 Å². The van der Waals surface area contributed by atoms with Crippen LogP contribution in [0.4, 0.5) is 0 Å². The number of nitrogens with one attached hydrogen (secondary N) is 2. The third-order valence-electron chi connectivity index (χ3n) is 6.76. The Bertz CT molecular complexity index is 859. The summed E-state index contributed by atoms with van der Waals surface area (Å²) in [6.07, 6.45) is 4.27. The van der Waals surface area contributed by atoms with Crippen molar-refractivity contribution >= 4 is 10.9 Å². The number of H-pyrrole nitrogens is 1. The van der Waals surface area contributed by atoms with Gasteiger partial charge in [-0.05, 0) is 37.4 Å². The fourth-order valence-corrected chi connectivity index (χ4v) is 5.46. The third kappa shape index (κ3) is 2.44. The molecule has 2 aromatic rings. The zero-order chi connectivity index (χ0) is 18.0. The highest BCUT2D eigenvalue weighted by Crippen LogP contribution is 2.47. The molecule has 1 saturated carbocycles. The SMILES string of the molecule is O[C@@H]1[C@H]2OC3(CCCCC3)O[C@H]2O[C@@H]1[C@@H]1NCCc2c1[nH]c1ccccc21. The number of hydrogen-bond acceptors (Lipinski definition) is 5. The van der Waals surface area contributed by atoms with Crippen molar-refractivity contribution in [2.24, 2.45) is 0 Å². The Morgan fingerprint density at radius 2 is 1.89 bits per heavy atom. The van der Waals surface area contributed by atoms with Crippen LogP contribution in [0.2, 0.25) is 0 Å². The van der Waals surface area contributed by atoms with Crippen LogP contribution >= 0.6 is 0 Å². The number of aromatic amines is 1. The Morgan fingerprint density at radius 3 is 2.74 bits per heavy atom. The normalized spacial score (nSPS) is 37.6. The average Bonchev–Trinajstić information content (AvgIpc) is 3.33. The lowest BCUT2D eigenvalue weighted by Crippen LogP contribution is -2.45. The van der Waals surface area contributed by atoms with E-state index in [2.05, 4.69) is 28.5 Å². The molecule has 0 radical (unpaired) electrons. The fourth-order valence-electron chi connectivity index (χ4n) is 5.46. The number of aliphatic hydroxyl groups excluding tert-OH is 1. The second-order valence-electron chi connectivity index (χ2n) is 8.38. The Balaban J connectivity index is 1.29. The Hall–Kier alpha value is -1.44. The van der Waals surface area contributed by atoms with Crippen molar-refractivity contribution in [1.29, 1.82) is 0 Å². The molecule has 0 amide bonds. The van der Waals surface area contributed by atoms with E-state index < -0.39 is 24.3 Å². The minimum absolute atomic E-state index is 0.0868. The van der Waals surface area contributed by atoms with E-state index in [0.717, 1.165) is 49.9 Å². The van der Waals surface area contributed by atoms with Crippen molar-refractivity contribution in [3.05, 3.63) is 35.5 Å². The topological polar surface area (TPSA) is 75.7 Å². The van der Waals surface area contributed by atoms with Crippen LogP contribution < -0.4 is 5.32 Å². The van der Waals surface area contributed by atoms with Gasteiger partial charge in [-0.15, -0.1) is 0 Å². The fraction of sp³-hybridized carbons (Fsp3) is 0.619. The van der Waals surface area contributed by atoms with Gasteiger partial charge >= 0.3 is 0 Å². The summed E-state index contributed by atoms with van der Waals surface area (Å²) in [4.78, 5) is 3.55. The molecule has 6 rings (SSSR count). The molecular weight excluding hydrogens is 344 g/mol. The van der Waals surface area contributed by atoms with Crippen molar-refractivity contribution in [2.75, 3.05) is 6.54 Å². The lowest BCUT2D eigenvalue weighted by atomic mass is 9.92. The maximum atomic E-state index is 11.0. The summed E-state index contributed by atoms with van der Waals surface area (Å²) >= 11 is 0. The van der Waals surface area contributed by atoms with E-state index >= 15 is 0 Å². The molecule has 1 aromatic carbocycles. The molecule has 4 aliphatic rings. The van der Waals surface area contributed by atoms with Gasteiger partial charge in [-0.1, -0.05) is 24.6 Å². The molecule has 3 fully saturated rings. The van der Waals surface area contributed by atoms with E-state index in [1.165, 1.54) is 17.4 Å². The maximum Gasteiger partial charge on any atom is 0.190 e. The minimum Gasteiger partial charge on any atom is -0.387 e. The number of rotatable bonds is 1. The molecule has 5 atom stereocenters. The Labute approximate surface area is 158 Å². The smallest absolute Gasteiger partial charge is 0.190 e. The van der Waals surface area contributed by atoms with Gasteiger partial charge in [-0.25, -0.2) is 0 Å². The molecule has 3 N–H and O–H groups in total. The molecule has 144 valence electrons. The number of fused-ring (bicyclic) bond motifs is 4. The summed E-state index contributed by atoms with van der Waals surface area (Å²) in [6.45, 7) is 0.868. The van der Waals surface area contributed by atoms with E-state index in [4.69, 9.17) is 14.2 Å². The molecular formula is C21H26N2O4. The number of aliphatic hydroxyl groups is 1. The van der Waals surface area contributed by atoms with Crippen LogP contribution in [-0.4, -0.2) is 47.0 Å². The van der Waals surface area contributed by atoms with Gasteiger partial charge in [0.25, 0.3) is 0 Å². The molecule has 6 nitrogen and oxygen atoms in total. The number of hydrogen-bond donors (Lipinski definition) is 3. The summed E-state index contributed by atoms with van der Waals surface area (Å²) in [7, 11) is 0. The van der Waals surface area contributed by atoms with Crippen molar-refractivity contribution < 1.29 is 19.3 Å². The molecule has 1 aromatic heterocycles. The number of aromatic nitrogens is 1. The molecule has 6 heteroatoms. The zero-order valence-electron chi connectivity index (χ0n) is 15.3. The zero-order valence-corrected chi connectivity index (χ0v) is 15.3. The van der Waals surface area contributed by atoms with Crippen molar-refractivity contribution in [3.8, 4) is 0 Å². The standard InChI is InChI=1S/C21H26N2O4/c24-17-18(25-20-19(17)26-21(27-20)9-4-1-5-10-21)16-15-13(8-11-22-16)12-6-2-3-7-14(12)23-15/h2-3,6-7,16-20,22-24H,1,4-5,8-11H2/t16-,17+,18-,19-,20-/m1/s1. The summed E-state index contributed by atoms with van der Waals surface area (Å²) in [5.41, 5.74) is 3.59. The second kappa shape index (κ2) is 6.03. The molecule has 1 aliphatic carbocycles. The summed E-state index contributed by atoms with van der Waals surface area (Å²) in [5.74, 6) is -0.536. The number of ether oxygens (including phenoxy) is 3. The Morgan fingerprint density at radius 1 is 1.04 bits per heavy atom. The quantitative estimate of drug-likeness (QED) is 0.719. The highest BCUT2D eigenvalue weighted by atomic mass is 16.8. The van der Waals surface area contributed by atoms with Gasteiger partial charge in [0.15, 0.2) is 12.1 Å². The van der Waals surface area contributed by atoms with Gasteiger partial charge in [-0.3, -0.25) is 0 Å². The van der Waals surface area contributed by atoms with E-state index in [1.807, 2.05) is 6.07 Å². The van der Waals surface area contributed by atoms with Crippen molar-refractivity contribution in [3.63, 3.8) is 0 Å². The third-order valence-corrected chi connectivity index (χ3v) is 6.76. The van der Waals surface area contributed by atoms with E-state index in [-0.39, 0.29) is 12.1 Å². The first-order chi connectivity index (χ1) is 13.2.